The van der Waals surface area contributed by atoms with Gasteiger partial charge in [-0.25, -0.2) is 0 Å². The first-order valence-corrected chi connectivity index (χ1v) is 11.8. The fraction of sp³-hybridized carbons (Fsp3) is 0.417. The summed E-state index contributed by atoms with van der Waals surface area (Å²) < 4.78 is 5.42. The molecule has 1 aliphatic heterocycles. The van der Waals surface area contributed by atoms with E-state index in [-0.39, 0.29) is 11.8 Å². The van der Waals surface area contributed by atoms with E-state index in [1.807, 2.05) is 42.3 Å². The number of nitrogens with one attached hydrogen (secondary N) is 1. The fourth-order valence-corrected chi connectivity index (χ4v) is 4.10. The van der Waals surface area contributed by atoms with Crippen LogP contribution in [0.4, 0.5) is 0 Å². The van der Waals surface area contributed by atoms with Crippen LogP contribution in [-0.4, -0.2) is 74.9 Å². The van der Waals surface area contributed by atoms with Gasteiger partial charge in [0.15, 0.2) is 5.96 Å². The third kappa shape index (κ3) is 6.48. The van der Waals surface area contributed by atoms with Gasteiger partial charge in [0, 0.05) is 45.2 Å². The number of morpholine rings is 1. The van der Waals surface area contributed by atoms with E-state index in [0.717, 1.165) is 18.1 Å². The average molecular weight is 441 g/mol. The average Bonchev–Trinajstić information content (AvgIpc) is 2.83. The van der Waals surface area contributed by atoms with Gasteiger partial charge in [-0.05, 0) is 29.5 Å². The van der Waals surface area contributed by atoms with Gasteiger partial charge in [-0.15, -0.1) is 11.8 Å². The first-order chi connectivity index (χ1) is 15.1. The lowest BCUT2D eigenvalue weighted by atomic mass is 9.97. The molecule has 2 aromatic carbocycles. The number of rotatable bonds is 7. The smallest absolute Gasteiger partial charge is 0.232 e. The van der Waals surface area contributed by atoms with Crippen molar-refractivity contribution in [2.24, 2.45) is 4.99 Å². The minimum atomic E-state index is -0.273. The van der Waals surface area contributed by atoms with Gasteiger partial charge < -0.3 is 19.9 Å². The summed E-state index contributed by atoms with van der Waals surface area (Å²) in [6, 6.07) is 18.5. The Hall–Kier alpha value is -2.51. The van der Waals surface area contributed by atoms with Crippen molar-refractivity contribution in [1.82, 2.24) is 15.1 Å². The van der Waals surface area contributed by atoms with E-state index in [0.29, 0.717) is 32.8 Å². The van der Waals surface area contributed by atoms with Gasteiger partial charge in [-0.1, -0.05) is 42.5 Å². The summed E-state index contributed by atoms with van der Waals surface area (Å²) in [6.45, 7) is 3.71. The zero-order valence-corrected chi connectivity index (χ0v) is 19.4. The van der Waals surface area contributed by atoms with Crippen LogP contribution < -0.4 is 5.32 Å². The van der Waals surface area contributed by atoms with E-state index < -0.39 is 0 Å². The molecule has 0 radical (unpaired) electrons. The molecule has 0 bridgehead atoms. The van der Waals surface area contributed by atoms with Crippen LogP contribution in [0, 0.1) is 0 Å². The molecule has 1 heterocycles. The molecule has 31 heavy (non-hydrogen) atoms. The van der Waals surface area contributed by atoms with Crippen LogP contribution in [0.3, 0.4) is 0 Å². The number of thioether (sulfide) groups is 1. The van der Waals surface area contributed by atoms with Gasteiger partial charge in [0.1, 0.15) is 0 Å². The van der Waals surface area contributed by atoms with Gasteiger partial charge >= 0.3 is 0 Å². The number of amides is 1. The molecule has 1 N–H and O–H groups in total. The van der Waals surface area contributed by atoms with E-state index in [9.17, 15) is 4.79 Å². The molecule has 0 aromatic heterocycles. The van der Waals surface area contributed by atoms with Crippen molar-refractivity contribution >= 4 is 23.6 Å². The number of aliphatic imine (C=N–C) groups is 1. The highest BCUT2D eigenvalue weighted by Crippen LogP contribution is 2.19. The normalized spacial score (nSPS) is 15.5. The molecule has 0 saturated carbocycles. The Kier molecular flexibility index (Phi) is 8.79. The maximum absolute atomic E-state index is 13.3. The Labute approximate surface area is 189 Å². The summed E-state index contributed by atoms with van der Waals surface area (Å²) >= 11 is 1.74. The molecular formula is C24H32N4O2S. The van der Waals surface area contributed by atoms with Crippen LogP contribution in [-0.2, 0) is 16.1 Å². The van der Waals surface area contributed by atoms with E-state index in [2.05, 4.69) is 45.7 Å². The number of carbonyl (C=O) groups excluding carboxylic acids is 1. The van der Waals surface area contributed by atoms with Crippen LogP contribution in [0.25, 0.3) is 0 Å². The predicted molar refractivity (Wildman–Crippen MR) is 128 cm³/mol. The Morgan fingerprint density at radius 3 is 2.45 bits per heavy atom. The maximum atomic E-state index is 13.3. The summed E-state index contributed by atoms with van der Waals surface area (Å²) in [7, 11) is 3.79. The lowest BCUT2D eigenvalue weighted by Crippen LogP contribution is -2.47. The molecule has 0 spiro atoms. The largest absolute Gasteiger partial charge is 0.378 e. The first kappa shape index (κ1) is 23.2. The topological polar surface area (TPSA) is 57.2 Å². The van der Waals surface area contributed by atoms with Gasteiger partial charge in [0.25, 0.3) is 0 Å². The number of hydrogen-bond acceptors (Lipinski definition) is 4. The summed E-state index contributed by atoms with van der Waals surface area (Å²) in [6.07, 6.45) is 2.08. The first-order valence-electron chi connectivity index (χ1n) is 10.6. The SMILES string of the molecule is CN=C(NCC(C(=O)N1CCOCC1)c1ccccc1)N(C)Cc1ccc(SC)cc1. The highest BCUT2D eigenvalue weighted by atomic mass is 32.2. The number of benzene rings is 2. The van der Waals surface area contributed by atoms with E-state index in [1.54, 1.807) is 18.8 Å². The van der Waals surface area contributed by atoms with Gasteiger partial charge in [0.2, 0.25) is 5.91 Å². The fourth-order valence-electron chi connectivity index (χ4n) is 3.69. The predicted octanol–water partition coefficient (Wildman–Crippen LogP) is 3.06. The minimum Gasteiger partial charge on any atom is -0.378 e. The standard InChI is InChI=1S/C24H32N4O2S/c1-25-24(27(2)18-19-9-11-21(31-3)12-10-19)26-17-22(20-7-5-4-6-8-20)23(29)28-13-15-30-16-14-28/h4-12,22H,13-18H2,1-3H3,(H,25,26). The number of guanidine groups is 1. The lowest BCUT2D eigenvalue weighted by molar-refractivity contribution is -0.136. The number of hydrogen-bond donors (Lipinski definition) is 1. The second kappa shape index (κ2) is 11.8. The molecule has 1 amide bonds. The maximum Gasteiger partial charge on any atom is 0.232 e. The Morgan fingerprint density at radius 1 is 1.16 bits per heavy atom. The number of ether oxygens (including phenoxy) is 1. The van der Waals surface area contributed by atoms with Crippen LogP contribution >= 0.6 is 11.8 Å². The van der Waals surface area contributed by atoms with Crippen molar-refractivity contribution in [2.45, 2.75) is 17.4 Å². The third-order valence-corrected chi connectivity index (χ3v) is 6.18. The molecule has 6 nitrogen and oxygen atoms in total. The Bertz CT molecular complexity index is 852. The number of nitrogens with zero attached hydrogens (tertiary/aromatic N) is 3. The van der Waals surface area contributed by atoms with Crippen molar-refractivity contribution in [1.29, 1.82) is 0 Å². The second-order valence-corrected chi connectivity index (χ2v) is 8.41. The molecular weight excluding hydrogens is 408 g/mol. The molecule has 3 rings (SSSR count). The minimum absolute atomic E-state index is 0.132. The molecule has 1 unspecified atom stereocenters. The van der Waals surface area contributed by atoms with Crippen molar-refractivity contribution < 1.29 is 9.53 Å². The van der Waals surface area contributed by atoms with Crippen molar-refractivity contribution in [2.75, 3.05) is 53.2 Å². The zero-order chi connectivity index (χ0) is 22.1. The Morgan fingerprint density at radius 2 is 1.84 bits per heavy atom. The Balaban J connectivity index is 1.67. The monoisotopic (exact) mass is 440 g/mol. The molecule has 1 fully saturated rings. The van der Waals surface area contributed by atoms with Crippen molar-refractivity contribution in [3.63, 3.8) is 0 Å². The van der Waals surface area contributed by atoms with Crippen LogP contribution in [0.15, 0.2) is 64.5 Å². The van der Waals surface area contributed by atoms with Crippen molar-refractivity contribution in [3.05, 3.63) is 65.7 Å². The van der Waals surface area contributed by atoms with Gasteiger partial charge in [-0.3, -0.25) is 9.79 Å². The summed E-state index contributed by atoms with van der Waals surface area (Å²) in [5.41, 5.74) is 2.23. The molecule has 7 heteroatoms. The lowest BCUT2D eigenvalue weighted by Gasteiger charge is -2.31. The summed E-state index contributed by atoms with van der Waals surface area (Å²) in [4.78, 5) is 23.0. The highest BCUT2D eigenvalue weighted by Gasteiger charge is 2.27. The van der Waals surface area contributed by atoms with E-state index in [1.165, 1.54) is 10.5 Å². The van der Waals surface area contributed by atoms with Gasteiger partial charge in [0.05, 0.1) is 19.1 Å². The summed E-state index contributed by atoms with van der Waals surface area (Å²) in [5.74, 6) is 0.628. The quantitative estimate of drug-likeness (QED) is 0.407. The van der Waals surface area contributed by atoms with E-state index in [4.69, 9.17) is 4.74 Å². The molecule has 1 aliphatic rings. The molecule has 0 aliphatic carbocycles. The molecule has 1 saturated heterocycles. The highest BCUT2D eigenvalue weighted by molar-refractivity contribution is 7.98. The van der Waals surface area contributed by atoms with Crippen LogP contribution in [0.1, 0.15) is 17.0 Å². The number of carbonyl (C=O) groups is 1. The van der Waals surface area contributed by atoms with Crippen LogP contribution in [0.5, 0.6) is 0 Å². The second-order valence-electron chi connectivity index (χ2n) is 7.53. The van der Waals surface area contributed by atoms with Crippen LogP contribution in [0.2, 0.25) is 0 Å². The van der Waals surface area contributed by atoms with E-state index >= 15 is 0 Å². The van der Waals surface area contributed by atoms with Gasteiger partial charge in [-0.2, -0.15) is 0 Å². The molecule has 166 valence electrons. The zero-order valence-electron chi connectivity index (χ0n) is 18.6. The molecule has 2 aromatic rings. The summed E-state index contributed by atoms with van der Waals surface area (Å²) in [5, 5.41) is 3.42. The van der Waals surface area contributed by atoms with Crippen molar-refractivity contribution in [3.8, 4) is 0 Å². The molecule has 1 atom stereocenters. The third-order valence-electron chi connectivity index (χ3n) is 5.44.